The van der Waals surface area contributed by atoms with Crippen molar-refractivity contribution in [2.24, 2.45) is 10.7 Å². The molecular formula is C31H40N4O4. The Hall–Kier alpha value is -3.65. The molecule has 208 valence electrons. The molecule has 1 saturated heterocycles. The maximum Gasteiger partial charge on any atom is 0.247 e. The van der Waals surface area contributed by atoms with Crippen LogP contribution in [0.5, 0.6) is 11.5 Å². The van der Waals surface area contributed by atoms with Crippen LogP contribution < -0.4 is 20.5 Å². The van der Waals surface area contributed by atoms with E-state index in [9.17, 15) is 9.59 Å². The summed E-state index contributed by atoms with van der Waals surface area (Å²) in [4.78, 5) is 31.9. The molecule has 0 bridgehead atoms. The van der Waals surface area contributed by atoms with Crippen LogP contribution in [0.4, 0.5) is 0 Å². The molecule has 2 amide bonds. The van der Waals surface area contributed by atoms with E-state index in [2.05, 4.69) is 29.2 Å². The summed E-state index contributed by atoms with van der Waals surface area (Å²) >= 11 is 0. The van der Waals surface area contributed by atoms with Gasteiger partial charge in [0.15, 0.2) is 0 Å². The fourth-order valence-electron chi connectivity index (χ4n) is 5.15. The maximum atomic E-state index is 13.8. The van der Waals surface area contributed by atoms with Crippen molar-refractivity contribution in [1.29, 1.82) is 0 Å². The second kappa shape index (κ2) is 13.4. The Morgan fingerprint density at radius 1 is 1.13 bits per heavy atom. The number of rotatable bonds is 11. The molecule has 8 nitrogen and oxygen atoms in total. The molecule has 0 spiro atoms. The lowest BCUT2D eigenvalue weighted by molar-refractivity contribution is -0.137. The van der Waals surface area contributed by atoms with E-state index >= 15 is 0 Å². The van der Waals surface area contributed by atoms with Gasteiger partial charge < -0.3 is 25.4 Å². The van der Waals surface area contributed by atoms with Crippen molar-refractivity contribution < 1.29 is 19.1 Å². The largest absolute Gasteiger partial charge is 0.490 e. The van der Waals surface area contributed by atoms with Crippen LogP contribution in [0.3, 0.4) is 0 Å². The number of amides is 2. The van der Waals surface area contributed by atoms with Gasteiger partial charge in [-0.25, -0.2) is 0 Å². The van der Waals surface area contributed by atoms with Crippen LogP contribution in [0.2, 0.25) is 0 Å². The van der Waals surface area contributed by atoms with E-state index in [1.165, 1.54) is 24.0 Å². The van der Waals surface area contributed by atoms with Gasteiger partial charge in [-0.15, -0.1) is 0 Å². The first kappa shape index (κ1) is 28.4. The van der Waals surface area contributed by atoms with E-state index in [-0.39, 0.29) is 18.1 Å². The third kappa shape index (κ3) is 7.47. The van der Waals surface area contributed by atoms with E-state index in [4.69, 9.17) is 15.2 Å². The number of nitrogens with zero attached hydrogens (tertiary/aromatic N) is 2. The van der Waals surface area contributed by atoms with E-state index in [1.54, 1.807) is 18.7 Å². The van der Waals surface area contributed by atoms with Gasteiger partial charge in [0, 0.05) is 6.42 Å². The van der Waals surface area contributed by atoms with Gasteiger partial charge in [0.25, 0.3) is 0 Å². The Morgan fingerprint density at radius 3 is 2.59 bits per heavy atom. The molecule has 3 N–H and O–H groups in total. The second-order valence-electron chi connectivity index (χ2n) is 10.4. The minimum absolute atomic E-state index is 0.204. The second-order valence-corrected chi connectivity index (χ2v) is 10.4. The zero-order chi connectivity index (χ0) is 27.8. The van der Waals surface area contributed by atoms with Crippen molar-refractivity contribution in [3.05, 3.63) is 71.8 Å². The molecule has 2 aromatic carbocycles. The SMILES string of the molecule is C=NC(C)[C@H](NC(=O)[C@H](C)N)C(=O)N1C[C@@H](Oc2ccccc2)C[C@H]1/C=C/COc1ccc2c(c1)CCCC2. The summed E-state index contributed by atoms with van der Waals surface area (Å²) in [5, 5.41) is 2.76. The van der Waals surface area contributed by atoms with Gasteiger partial charge in [-0.3, -0.25) is 14.6 Å². The lowest BCUT2D eigenvalue weighted by Crippen LogP contribution is -2.56. The van der Waals surface area contributed by atoms with Gasteiger partial charge in [-0.05, 0) is 87.7 Å². The quantitative estimate of drug-likeness (QED) is 0.341. The average Bonchev–Trinajstić information content (AvgIpc) is 3.35. The third-order valence-electron chi connectivity index (χ3n) is 7.41. The molecule has 1 unspecified atom stereocenters. The topological polar surface area (TPSA) is 106 Å². The highest BCUT2D eigenvalue weighted by atomic mass is 16.5. The molecule has 2 aromatic rings. The van der Waals surface area contributed by atoms with Gasteiger partial charge in [0.05, 0.1) is 24.7 Å². The van der Waals surface area contributed by atoms with Gasteiger partial charge in [0.1, 0.15) is 30.3 Å². The normalized spacial score (nSPS) is 21.1. The summed E-state index contributed by atoms with van der Waals surface area (Å²) in [5.74, 6) is 0.951. The number of carbonyl (C=O) groups excluding carboxylic acids is 2. The molecule has 1 aliphatic heterocycles. The first-order chi connectivity index (χ1) is 18.9. The zero-order valence-electron chi connectivity index (χ0n) is 22.9. The Kier molecular flexibility index (Phi) is 9.76. The van der Waals surface area contributed by atoms with Crippen LogP contribution in [0, 0.1) is 0 Å². The average molecular weight is 533 g/mol. The highest BCUT2D eigenvalue weighted by Crippen LogP contribution is 2.27. The summed E-state index contributed by atoms with van der Waals surface area (Å²) in [6.45, 7) is 7.69. The summed E-state index contributed by atoms with van der Waals surface area (Å²) in [5.41, 5.74) is 8.55. The number of hydrogen-bond donors (Lipinski definition) is 2. The lowest BCUT2D eigenvalue weighted by atomic mass is 9.92. The summed E-state index contributed by atoms with van der Waals surface area (Å²) in [7, 11) is 0. The lowest BCUT2D eigenvalue weighted by Gasteiger charge is -2.30. The fourth-order valence-corrected chi connectivity index (χ4v) is 5.15. The standard InChI is InChI=1S/C31H40N4O4/c1-21(32)30(36)34-29(22(2)33-3)31(37)35-20-28(39-26-13-5-4-6-14-26)19-25(35)12-9-17-38-27-16-15-23-10-7-8-11-24(23)18-27/h4-6,9,12-16,18,21-22,25,28-29H,3,7-8,10-11,17,19-20,32H2,1-2H3,(H,34,36)/b12-9+/t21-,22?,25+,28-,29-/m0/s1. The van der Waals surface area contributed by atoms with Crippen molar-refractivity contribution >= 4 is 18.5 Å². The number of likely N-dealkylation sites (tertiary alicyclic amines) is 1. The molecule has 1 heterocycles. The molecule has 4 rings (SSSR count). The molecule has 5 atom stereocenters. The molecule has 2 aliphatic rings. The summed E-state index contributed by atoms with van der Waals surface area (Å²) in [6.07, 6.45) is 9.05. The number of nitrogens with one attached hydrogen (secondary N) is 1. The smallest absolute Gasteiger partial charge is 0.247 e. The minimum atomic E-state index is -0.876. The van der Waals surface area contributed by atoms with Crippen LogP contribution in [0.25, 0.3) is 0 Å². The summed E-state index contributed by atoms with van der Waals surface area (Å²) < 4.78 is 12.2. The molecule has 1 fully saturated rings. The number of hydrogen-bond acceptors (Lipinski definition) is 6. The van der Waals surface area contributed by atoms with E-state index in [1.807, 2.05) is 48.6 Å². The van der Waals surface area contributed by atoms with Crippen LogP contribution in [-0.2, 0) is 22.4 Å². The molecular weight excluding hydrogens is 492 g/mol. The Labute approximate surface area is 231 Å². The predicted molar refractivity (Wildman–Crippen MR) is 153 cm³/mol. The first-order valence-electron chi connectivity index (χ1n) is 13.8. The van der Waals surface area contributed by atoms with Gasteiger partial charge in [-0.1, -0.05) is 30.3 Å². The van der Waals surface area contributed by atoms with E-state index < -0.39 is 24.0 Å². The van der Waals surface area contributed by atoms with Crippen LogP contribution in [-0.4, -0.2) is 66.9 Å². The zero-order valence-corrected chi connectivity index (χ0v) is 22.9. The van der Waals surface area contributed by atoms with E-state index in [0.717, 1.165) is 24.3 Å². The van der Waals surface area contributed by atoms with Crippen LogP contribution in [0.1, 0.15) is 44.2 Å². The van der Waals surface area contributed by atoms with Gasteiger partial charge in [0.2, 0.25) is 11.8 Å². The van der Waals surface area contributed by atoms with Crippen molar-refractivity contribution in [2.75, 3.05) is 13.2 Å². The maximum absolute atomic E-state index is 13.8. The number of fused-ring (bicyclic) bond motifs is 1. The predicted octanol–water partition coefficient (Wildman–Crippen LogP) is 3.47. The van der Waals surface area contributed by atoms with Crippen molar-refractivity contribution in [2.45, 2.75) is 76.2 Å². The third-order valence-corrected chi connectivity index (χ3v) is 7.41. The molecule has 0 saturated carbocycles. The number of aliphatic imine (C=N–C) groups is 1. The van der Waals surface area contributed by atoms with Crippen LogP contribution >= 0.6 is 0 Å². The molecule has 0 aromatic heterocycles. The summed E-state index contributed by atoms with van der Waals surface area (Å²) in [6, 6.07) is 13.5. The Morgan fingerprint density at radius 2 is 1.87 bits per heavy atom. The highest BCUT2D eigenvalue weighted by Gasteiger charge is 2.40. The highest BCUT2D eigenvalue weighted by molar-refractivity contribution is 5.90. The number of para-hydroxylation sites is 1. The molecule has 39 heavy (non-hydrogen) atoms. The first-order valence-corrected chi connectivity index (χ1v) is 13.8. The Bertz CT molecular complexity index is 1170. The minimum Gasteiger partial charge on any atom is -0.490 e. The van der Waals surface area contributed by atoms with Crippen molar-refractivity contribution in [1.82, 2.24) is 10.2 Å². The van der Waals surface area contributed by atoms with Gasteiger partial charge in [-0.2, -0.15) is 0 Å². The van der Waals surface area contributed by atoms with E-state index in [0.29, 0.717) is 19.6 Å². The number of carbonyl (C=O) groups is 2. The number of benzene rings is 2. The number of nitrogens with two attached hydrogens (primary N) is 1. The van der Waals surface area contributed by atoms with Crippen LogP contribution in [0.15, 0.2) is 65.7 Å². The van der Waals surface area contributed by atoms with Crippen molar-refractivity contribution in [3.8, 4) is 11.5 Å². The van der Waals surface area contributed by atoms with Gasteiger partial charge >= 0.3 is 0 Å². The van der Waals surface area contributed by atoms with Crippen molar-refractivity contribution in [3.63, 3.8) is 0 Å². The number of ether oxygens (including phenoxy) is 2. The number of aryl methyl sites for hydroxylation is 2. The molecule has 1 aliphatic carbocycles. The molecule has 0 radical (unpaired) electrons. The Balaban J connectivity index is 1.47. The fraction of sp³-hybridized carbons (Fsp3) is 0.452. The molecule has 8 heteroatoms. The monoisotopic (exact) mass is 532 g/mol.